The predicted octanol–water partition coefficient (Wildman–Crippen LogP) is 3.81. The lowest BCUT2D eigenvalue weighted by Gasteiger charge is -2.18. The molecule has 0 radical (unpaired) electrons. The fraction of sp³-hybridized carbons (Fsp3) is 0.0385. The third kappa shape index (κ3) is 3.76. The Balaban J connectivity index is 1.27. The SMILES string of the molecule is O=C(COC(=O)c1ccc2ccccc2n1)Nc1ccc2c(c1)C(=O)c1ccccc1C2=O. The topological polar surface area (TPSA) is 102 Å². The highest BCUT2D eigenvalue weighted by molar-refractivity contribution is 6.28. The minimum Gasteiger partial charge on any atom is -0.451 e. The summed E-state index contributed by atoms with van der Waals surface area (Å²) in [5, 5.41) is 3.47. The molecule has 160 valence electrons. The summed E-state index contributed by atoms with van der Waals surface area (Å²) in [4.78, 5) is 54.3. The number of carbonyl (C=O) groups is 4. The van der Waals surface area contributed by atoms with E-state index < -0.39 is 18.5 Å². The number of fused-ring (bicyclic) bond motifs is 3. The Morgan fingerprint density at radius 3 is 2.21 bits per heavy atom. The van der Waals surface area contributed by atoms with Gasteiger partial charge in [-0.25, -0.2) is 9.78 Å². The number of ether oxygens (including phenoxy) is 1. The predicted molar refractivity (Wildman–Crippen MR) is 120 cm³/mol. The van der Waals surface area contributed by atoms with Crippen molar-refractivity contribution in [2.45, 2.75) is 0 Å². The van der Waals surface area contributed by atoms with E-state index in [1.165, 1.54) is 24.3 Å². The molecule has 7 nitrogen and oxygen atoms in total. The number of para-hydroxylation sites is 1. The molecule has 0 atom stereocenters. The van der Waals surface area contributed by atoms with Crippen LogP contribution in [0.15, 0.2) is 78.9 Å². The number of carbonyl (C=O) groups excluding carboxylic acids is 4. The number of esters is 1. The Labute approximate surface area is 188 Å². The third-order valence-corrected chi connectivity index (χ3v) is 5.35. The van der Waals surface area contributed by atoms with Gasteiger partial charge in [-0.2, -0.15) is 0 Å². The van der Waals surface area contributed by atoms with Crippen LogP contribution >= 0.6 is 0 Å². The Morgan fingerprint density at radius 1 is 0.758 bits per heavy atom. The van der Waals surface area contributed by atoms with Crippen LogP contribution < -0.4 is 5.32 Å². The lowest BCUT2D eigenvalue weighted by atomic mass is 9.84. The van der Waals surface area contributed by atoms with E-state index in [1.54, 1.807) is 36.4 Å². The summed E-state index contributed by atoms with van der Waals surface area (Å²) in [7, 11) is 0. The van der Waals surface area contributed by atoms with Gasteiger partial charge in [0.2, 0.25) is 0 Å². The molecule has 0 aliphatic heterocycles. The van der Waals surface area contributed by atoms with Crippen molar-refractivity contribution >= 4 is 40.0 Å². The largest absolute Gasteiger partial charge is 0.451 e. The van der Waals surface area contributed by atoms with Crippen LogP contribution in [0.4, 0.5) is 5.69 Å². The van der Waals surface area contributed by atoms with Crippen LogP contribution in [0.25, 0.3) is 10.9 Å². The number of hydrogen-bond acceptors (Lipinski definition) is 6. The molecule has 7 heteroatoms. The maximum absolute atomic E-state index is 12.8. The summed E-state index contributed by atoms with van der Waals surface area (Å²) in [6.07, 6.45) is 0. The Hall–Kier alpha value is -4.65. The van der Waals surface area contributed by atoms with Gasteiger partial charge in [0.05, 0.1) is 5.52 Å². The van der Waals surface area contributed by atoms with E-state index in [9.17, 15) is 19.2 Å². The molecule has 1 heterocycles. The fourth-order valence-corrected chi connectivity index (χ4v) is 3.76. The first-order chi connectivity index (χ1) is 16.0. The minimum atomic E-state index is -0.723. The van der Waals surface area contributed by atoms with Gasteiger partial charge < -0.3 is 10.1 Å². The van der Waals surface area contributed by atoms with Gasteiger partial charge in [-0.1, -0.05) is 48.5 Å². The number of benzene rings is 3. The van der Waals surface area contributed by atoms with Crippen molar-refractivity contribution in [2.75, 3.05) is 11.9 Å². The standard InChI is InChI=1S/C26H16N2O5/c29-23(14-33-26(32)22-12-9-15-5-1-4-8-21(15)28-22)27-16-10-11-19-20(13-16)25(31)18-7-3-2-6-17(18)24(19)30/h1-13H,14H2,(H,27,29). The molecule has 0 saturated carbocycles. The molecule has 0 unspecified atom stereocenters. The van der Waals surface area contributed by atoms with Crippen molar-refractivity contribution in [1.82, 2.24) is 4.98 Å². The zero-order valence-electron chi connectivity index (χ0n) is 17.2. The number of nitrogens with zero attached hydrogens (tertiary/aromatic N) is 1. The summed E-state index contributed by atoms with van der Waals surface area (Å²) < 4.78 is 5.07. The molecule has 0 spiro atoms. The van der Waals surface area contributed by atoms with Crippen LogP contribution in [-0.2, 0) is 9.53 Å². The second kappa shape index (κ2) is 8.12. The van der Waals surface area contributed by atoms with Crippen LogP contribution in [0.5, 0.6) is 0 Å². The van der Waals surface area contributed by atoms with E-state index in [1.807, 2.05) is 18.2 Å². The Bertz CT molecular complexity index is 1470. The van der Waals surface area contributed by atoms with Crippen LogP contribution in [0.1, 0.15) is 42.3 Å². The number of aromatic nitrogens is 1. The maximum Gasteiger partial charge on any atom is 0.357 e. The first-order valence-electron chi connectivity index (χ1n) is 10.2. The molecular formula is C26H16N2O5. The number of nitrogens with one attached hydrogen (secondary N) is 1. The van der Waals surface area contributed by atoms with E-state index >= 15 is 0 Å². The number of anilines is 1. The van der Waals surface area contributed by atoms with E-state index in [0.717, 1.165) is 5.39 Å². The van der Waals surface area contributed by atoms with Crippen molar-refractivity contribution in [3.8, 4) is 0 Å². The van der Waals surface area contributed by atoms with Gasteiger partial charge in [0, 0.05) is 33.3 Å². The molecule has 0 fully saturated rings. The number of ketones is 2. The first kappa shape index (κ1) is 20.3. The molecule has 1 N–H and O–H groups in total. The van der Waals surface area contributed by atoms with Crippen LogP contribution in [-0.4, -0.2) is 35.0 Å². The highest BCUT2D eigenvalue weighted by atomic mass is 16.5. The zero-order chi connectivity index (χ0) is 22.9. The molecule has 33 heavy (non-hydrogen) atoms. The number of pyridine rings is 1. The average Bonchev–Trinajstić information content (AvgIpc) is 2.85. The van der Waals surface area contributed by atoms with E-state index in [4.69, 9.17) is 4.74 Å². The average molecular weight is 436 g/mol. The molecule has 1 amide bonds. The molecular weight excluding hydrogens is 420 g/mol. The summed E-state index contributed by atoms with van der Waals surface area (Å²) >= 11 is 0. The second-order valence-corrected chi connectivity index (χ2v) is 7.48. The van der Waals surface area contributed by atoms with Gasteiger partial charge in [-0.15, -0.1) is 0 Å². The van der Waals surface area contributed by atoms with Gasteiger partial charge >= 0.3 is 5.97 Å². The monoisotopic (exact) mass is 436 g/mol. The van der Waals surface area contributed by atoms with Gasteiger partial charge in [-0.3, -0.25) is 14.4 Å². The maximum atomic E-state index is 12.8. The van der Waals surface area contributed by atoms with Crippen LogP contribution in [0.3, 0.4) is 0 Å². The van der Waals surface area contributed by atoms with Crippen molar-refractivity contribution in [1.29, 1.82) is 0 Å². The van der Waals surface area contributed by atoms with Crippen molar-refractivity contribution in [2.24, 2.45) is 0 Å². The lowest BCUT2D eigenvalue weighted by Crippen LogP contribution is -2.23. The summed E-state index contributed by atoms with van der Waals surface area (Å²) in [5.41, 5.74) is 2.25. The number of rotatable bonds is 4. The zero-order valence-corrected chi connectivity index (χ0v) is 17.2. The molecule has 1 aliphatic carbocycles. The minimum absolute atomic E-state index is 0.0954. The van der Waals surface area contributed by atoms with Gasteiger partial charge in [0.25, 0.3) is 5.91 Å². The van der Waals surface area contributed by atoms with Crippen LogP contribution in [0.2, 0.25) is 0 Å². The Morgan fingerprint density at radius 2 is 1.42 bits per heavy atom. The van der Waals surface area contributed by atoms with Crippen molar-refractivity contribution < 1.29 is 23.9 Å². The number of hydrogen-bond donors (Lipinski definition) is 1. The molecule has 5 rings (SSSR count). The number of amides is 1. The normalized spacial score (nSPS) is 12.1. The first-order valence-corrected chi connectivity index (χ1v) is 10.2. The smallest absolute Gasteiger partial charge is 0.357 e. The van der Waals surface area contributed by atoms with Crippen molar-refractivity contribution in [3.05, 3.63) is 107 Å². The molecule has 0 bridgehead atoms. The van der Waals surface area contributed by atoms with Gasteiger partial charge in [0.1, 0.15) is 5.69 Å². The van der Waals surface area contributed by atoms with E-state index in [2.05, 4.69) is 10.3 Å². The van der Waals surface area contributed by atoms with Gasteiger partial charge in [0.15, 0.2) is 18.2 Å². The van der Waals surface area contributed by atoms with Crippen LogP contribution in [0, 0.1) is 0 Å². The lowest BCUT2D eigenvalue weighted by molar-refractivity contribution is -0.119. The van der Waals surface area contributed by atoms with E-state index in [0.29, 0.717) is 22.3 Å². The second-order valence-electron chi connectivity index (χ2n) is 7.48. The highest BCUT2D eigenvalue weighted by Gasteiger charge is 2.29. The summed E-state index contributed by atoms with van der Waals surface area (Å²) in [6.45, 7) is -0.528. The quantitative estimate of drug-likeness (QED) is 0.430. The molecule has 1 aromatic heterocycles. The molecule has 0 saturated heterocycles. The Kier molecular flexibility index (Phi) is 4.99. The third-order valence-electron chi connectivity index (χ3n) is 5.35. The summed E-state index contributed by atoms with van der Waals surface area (Å²) in [5.74, 6) is -1.84. The molecule has 4 aromatic rings. The highest BCUT2D eigenvalue weighted by Crippen LogP contribution is 2.29. The molecule has 3 aromatic carbocycles. The summed E-state index contributed by atoms with van der Waals surface area (Å²) in [6, 6.07) is 21.7. The van der Waals surface area contributed by atoms with Gasteiger partial charge in [-0.05, 0) is 30.3 Å². The van der Waals surface area contributed by atoms with Crippen molar-refractivity contribution in [3.63, 3.8) is 0 Å². The molecule has 1 aliphatic rings. The fourth-order valence-electron chi connectivity index (χ4n) is 3.76. The van der Waals surface area contributed by atoms with E-state index in [-0.39, 0.29) is 28.4 Å².